The molecule has 1 aromatic rings. The van der Waals surface area contributed by atoms with Gasteiger partial charge in [0.05, 0.1) is 5.02 Å². The van der Waals surface area contributed by atoms with E-state index in [-0.39, 0.29) is 47.4 Å². The number of phenolic OH excluding ortho intramolecular Hbond substituents is 1. The van der Waals surface area contributed by atoms with E-state index in [0.29, 0.717) is 11.5 Å². The van der Waals surface area contributed by atoms with Gasteiger partial charge in [-0.25, -0.2) is 4.39 Å². The maximum absolute atomic E-state index is 14.2. The Morgan fingerprint density at radius 3 is 2.41 bits per heavy atom. The van der Waals surface area contributed by atoms with E-state index in [9.17, 15) is 9.50 Å². The minimum absolute atomic E-state index is 0. The van der Waals surface area contributed by atoms with Gasteiger partial charge in [-0.2, -0.15) is 0 Å². The van der Waals surface area contributed by atoms with Crippen molar-refractivity contribution in [1.29, 1.82) is 0 Å². The van der Waals surface area contributed by atoms with Crippen molar-refractivity contribution in [3.05, 3.63) is 28.5 Å². The summed E-state index contributed by atoms with van der Waals surface area (Å²) >= 11 is 5.96. The molecule has 0 aromatic heterocycles. The standard InChI is InChI=1S/C15H22ClFN2O.2ClH/c1-10(2)9-13(19-7-5-18-6-8-19)14-12(17)4-3-11(16)15(14)20;;/h3-4,10,13,18,20H,5-9H2,1-2H3;2*1H/t13-;;/m1../s1. The summed E-state index contributed by atoms with van der Waals surface area (Å²) in [5, 5.41) is 13.7. The number of hydrogen-bond acceptors (Lipinski definition) is 3. The smallest absolute Gasteiger partial charge is 0.141 e. The number of halogens is 4. The summed E-state index contributed by atoms with van der Waals surface area (Å²) in [7, 11) is 0. The van der Waals surface area contributed by atoms with Crippen molar-refractivity contribution in [2.24, 2.45) is 5.92 Å². The zero-order valence-corrected chi connectivity index (χ0v) is 15.2. The van der Waals surface area contributed by atoms with Crippen LogP contribution in [-0.4, -0.2) is 36.2 Å². The molecule has 2 N–H and O–H groups in total. The Labute approximate surface area is 149 Å². The van der Waals surface area contributed by atoms with Crippen molar-refractivity contribution < 1.29 is 9.50 Å². The van der Waals surface area contributed by atoms with E-state index < -0.39 is 0 Å². The minimum atomic E-state index is -0.379. The monoisotopic (exact) mass is 372 g/mol. The van der Waals surface area contributed by atoms with Crippen LogP contribution < -0.4 is 5.32 Å². The number of aromatic hydroxyl groups is 1. The molecule has 1 heterocycles. The maximum Gasteiger partial charge on any atom is 0.141 e. The van der Waals surface area contributed by atoms with E-state index in [0.717, 1.165) is 32.6 Å². The van der Waals surface area contributed by atoms with Gasteiger partial charge in [-0.05, 0) is 24.5 Å². The van der Waals surface area contributed by atoms with Crippen molar-refractivity contribution >= 4 is 36.4 Å². The lowest BCUT2D eigenvalue weighted by Gasteiger charge is -2.36. The first kappa shape index (κ1) is 21.7. The predicted molar refractivity (Wildman–Crippen MR) is 94.2 cm³/mol. The van der Waals surface area contributed by atoms with Crippen molar-refractivity contribution in [3.8, 4) is 5.75 Å². The third kappa shape index (κ3) is 5.14. The van der Waals surface area contributed by atoms with Crippen LogP contribution in [-0.2, 0) is 0 Å². The molecule has 0 radical (unpaired) electrons. The van der Waals surface area contributed by atoms with Gasteiger partial charge in [0.2, 0.25) is 0 Å². The second-order valence-electron chi connectivity index (χ2n) is 5.72. The van der Waals surface area contributed by atoms with Crippen LogP contribution in [0.2, 0.25) is 5.02 Å². The molecule has 3 nitrogen and oxygen atoms in total. The highest BCUT2D eigenvalue weighted by Gasteiger charge is 2.28. The number of rotatable bonds is 4. The van der Waals surface area contributed by atoms with Gasteiger partial charge < -0.3 is 10.4 Å². The topological polar surface area (TPSA) is 35.5 Å². The van der Waals surface area contributed by atoms with Crippen LogP contribution in [0.25, 0.3) is 0 Å². The van der Waals surface area contributed by atoms with Gasteiger partial charge in [0.15, 0.2) is 0 Å². The van der Waals surface area contributed by atoms with Gasteiger partial charge in [-0.3, -0.25) is 4.90 Å². The number of phenols is 1. The average molecular weight is 374 g/mol. The molecule has 0 aliphatic carbocycles. The Bertz CT molecular complexity index is 468. The molecule has 0 amide bonds. The molecular weight excluding hydrogens is 350 g/mol. The molecule has 1 aliphatic rings. The van der Waals surface area contributed by atoms with Crippen molar-refractivity contribution in [2.45, 2.75) is 26.3 Å². The van der Waals surface area contributed by atoms with E-state index in [4.69, 9.17) is 11.6 Å². The third-order valence-corrected chi connectivity index (χ3v) is 4.04. The van der Waals surface area contributed by atoms with Gasteiger partial charge in [0, 0.05) is 37.8 Å². The van der Waals surface area contributed by atoms with Gasteiger partial charge in [0.1, 0.15) is 11.6 Å². The molecule has 1 aliphatic heterocycles. The van der Waals surface area contributed by atoms with E-state index in [1.165, 1.54) is 12.1 Å². The number of hydrogen-bond donors (Lipinski definition) is 2. The SMILES string of the molecule is CC(C)C[C@H](c1c(F)ccc(Cl)c1O)N1CCNCC1.Cl.Cl. The predicted octanol–water partition coefficient (Wildman–Crippen LogP) is 4.02. The molecule has 22 heavy (non-hydrogen) atoms. The molecule has 0 saturated carbocycles. The van der Waals surface area contributed by atoms with Gasteiger partial charge in [-0.15, -0.1) is 24.8 Å². The molecule has 1 saturated heterocycles. The van der Waals surface area contributed by atoms with Gasteiger partial charge in [-0.1, -0.05) is 25.4 Å². The Morgan fingerprint density at radius 2 is 1.86 bits per heavy atom. The van der Waals surface area contributed by atoms with Crippen LogP contribution in [0.3, 0.4) is 0 Å². The molecule has 0 bridgehead atoms. The summed E-state index contributed by atoms with van der Waals surface area (Å²) in [6, 6.07) is 2.61. The van der Waals surface area contributed by atoms with Crippen LogP contribution in [0.4, 0.5) is 4.39 Å². The summed E-state index contributed by atoms with van der Waals surface area (Å²) in [5.74, 6) is -0.0837. The quantitative estimate of drug-likeness (QED) is 0.836. The summed E-state index contributed by atoms with van der Waals surface area (Å²) in [6.07, 6.45) is 0.796. The minimum Gasteiger partial charge on any atom is -0.506 e. The molecule has 0 unspecified atom stereocenters. The molecular formula is C15H24Cl3FN2O. The summed E-state index contributed by atoms with van der Waals surface area (Å²) in [6.45, 7) is 7.68. The molecule has 1 fully saturated rings. The van der Waals surface area contributed by atoms with E-state index >= 15 is 0 Å². The second-order valence-corrected chi connectivity index (χ2v) is 6.13. The molecule has 0 spiro atoms. The van der Waals surface area contributed by atoms with Crippen LogP contribution in [0, 0.1) is 11.7 Å². The lowest BCUT2D eigenvalue weighted by atomic mass is 9.94. The molecule has 128 valence electrons. The van der Waals surface area contributed by atoms with Crippen LogP contribution in [0.1, 0.15) is 31.9 Å². The molecule has 2 rings (SSSR count). The third-order valence-electron chi connectivity index (χ3n) is 3.73. The Hall–Kier alpha value is -0.260. The lowest BCUT2D eigenvalue weighted by Crippen LogP contribution is -2.45. The van der Waals surface area contributed by atoms with Crippen LogP contribution in [0.15, 0.2) is 12.1 Å². The van der Waals surface area contributed by atoms with Gasteiger partial charge in [0.25, 0.3) is 0 Å². The fourth-order valence-electron chi connectivity index (χ4n) is 2.76. The van der Waals surface area contributed by atoms with Crippen molar-refractivity contribution in [2.75, 3.05) is 26.2 Å². The first-order valence-electron chi connectivity index (χ1n) is 7.12. The molecule has 7 heteroatoms. The number of piperazine rings is 1. The largest absolute Gasteiger partial charge is 0.506 e. The number of nitrogens with zero attached hydrogens (tertiary/aromatic N) is 1. The number of benzene rings is 1. The summed E-state index contributed by atoms with van der Waals surface area (Å²) in [4.78, 5) is 2.23. The Kier molecular flexibility index (Phi) is 9.67. The zero-order valence-electron chi connectivity index (χ0n) is 12.8. The summed E-state index contributed by atoms with van der Waals surface area (Å²) < 4.78 is 14.2. The Balaban J connectivity index is 0.00000220. The first-order valence-corrected chi connectivity index (χ1v) is 7.50. The fraction of sp³-hybridized carbons (Fsp3) is 0.600. The van der Waals surface area contributed by atoms with Crippen LogP contribution in [0.5, 0.6) is 5.75 Å². The van der Waals surface area contributed by atoms with Crippen molar-refractivity contribution in [3.63, 3.8) is 0 Å². The number of nitrogens with one attached hydrogen (secondary N) is 1. The fourth-order valence-corrected chi connectivity index (χ4v) is 2.93. The highest BCUT2D eigenvalue weighted by molar-refractivity contribution is 6.32. The van der Waals surface area contributed by atoms with E-state index in [1.54, 1.807) is 0 Å². The normalized spacial score (nSPS) is 16.8. The van der Waals surface area contributed by atoms with Gasteiger partial charge >= 0.3 is 0 Å². The zero-order chi connectivity index (χ0) is 14.7. The average Bonchev–Trinajstić information content (AvgIpc) is 2.43. The van der Waals surface area contributed by atoms with Crippen LogP contribution >= 0.6 is 36.4 Å². The lowest BCUT2D eigenvalue weighted by molar-refractivity contribution is 0.148. The van der Waals surface area contributed by atoms with E-state index in [2.05, 4.69) is 24.1 Å². The summed E-state index contributed by atoms with van der Waals surface area (Å²) in [5.41, 5.74) is 0.341. The highest BCUT2D eigenvalue weighted by Crippen LogP contribution is 2.39. The van der Waals surface area contributed by atoms with Crippen molar-refractivity contribution in [1.82, 2.24) is 10.2 Å². The van der Waals surface area contributed by atoms with E-state index in [1.807, 2.05) is 0 Å². The first-order chi connectivity index (χ1) is 9.50. The molecule has 1 atom stereocenters. The Morgan fingerprint density at radius 1 is 1.27 bits per heavy atom. The molecule has 1 aromatic carbocycles. The highest BCUT2D eigenvalue weighted by atomic mass is 35.5. The maximum atomic E-state index is 14.2. The second kappa shape index (κ2) is 9.78.